The Labute approximate surface area is 163 Å². The highest BCUT2D eigenvalue weighted by molar-refractivity contribution is 5.79. The van der Waals surface area contributed by atoms with E-state index in [9.17, 15) is 15.3 Å². The van der Waals surface area contributed by atoms with Gasteiger partial charge in [-0.25, -0.2) is 0 Å². The molecule has 2 heterocycles. The second-order valence-corrected chi connectivity index (χ2v) is 7.92. The summed E-state index contributed by atoms with van der Waals surface area (Å²) < 4.78 is 11.7. The highest BCUT2D eigenvalue weighted by Gasteiger charge is 2.33. The van der Waals surface area contributed by atoms with Crippen LogP contribution in [-0.2, 0) is 6.42 Å². The fourth-order valence-corrected chi connectivity index (χ4v) is 3.63. The van der Waals surface area contributed by atoms with Crippen LogP contribution in [0.1, 0.15) is 37.0 Å². The summed E-state index contributed by atoms with van der Waals surface area (Å²) >= 11 is 0. The van der Waals surface area contributed by atoms with Crippen molar-refractivity contribution in [2.24, 2.45) is 0 Å². The van der Waals surface area contributed by atoms with Gasteiger partial charge in [-0.15, -0.1) is 0 Å². The number of fused-ring (bicyclic) bond motifs is 1. The summed E-state index contributed by atoms with van der Waals surface area (Å²) in [5.74, 6) is 0.955. The van der Waals surface area contributed by atoms with E-state index in [1.807, 2.05) is 13.8 Å². The van der Waals surface area contributed by atoms with Crippen LogP contribution in [0.3, 0.4) is 0 Å². The van der Waals surface area contributed by atoms with Crippen LogP contribution in [0.15, 0.2) is 28.8 Å². The molecule has 1 aliphatic heterocycles. The van der Waals surface area contributed by atoms with Gasteiger partial charge in [0.15, 0.2) is 17.3 Å². The SMILES string of the molecule is Cc1c(C)c2c(c(-c3cc(-c4ccc(O)c(O)c4)on3)c1O)CCC(C)(C)O2. The van der Waals surface area contributed by atoms with Gasteiger partial charge in [-0.3, -0.25) is 0 Å². The van der Waals surface area contributed by atoms with Gasteiger partial charge in [-0.1, -0.05) is 5.16 Å². The largest absolute Gasteiger partial charge is 0.507 e. The molecule has 0 bridgehead atoms. The number of phenolic OH excluding ortho intramolecular Hbond substituents is 3. The van der Waals surface area contributed by atoms with Gasteiger partial charge < -0.3 is 24.6 Å². The number of nitrogens with zero attached hydrogens (tertiary/aromatic N) is 1. The van der Waals surface area contributed by atoms with Crippen LogP contribution >= 0.6 is 0 Å². The van der Waals surface area contributed by atoms with Crippen molar-refractivity contribution in [3.05, 3.63) is 41.0 Å². The van der Waals surface area contributed by atoms with Crippen LogP contribution in [0.5, 0.6) is 23.0 Å². The van der Waals surface area contributed by atoms with Crippen molar-refractivity contribution in [3.63, 3.8) is 0 Å². The maximum atomic E-state index is 10.9. The molecule has 0 amide bonds. The molecular weight excluding hydrogens is 358 g/mol. The molecule has 0 unspecified atom stereocenters. The lowest BCUT2D eigenvalue weighted by Crippen LogP contribution is -2.33. The maximum Gasteiger partial charge on any atom is 0.167 e. The fraction of sp³-hybridized carbons (Fsp3) is 0.318. The van der Waals surface area contributed by atoms with E-state index in [0.717, 1.165) is 35.3 Å². The van der Waals surface area contributed by atoms with E-state index in [1.165, 1.54) is 12.1 Å². The van der Waals surface area contributed by atoms with Crippen LogP contribution in [0.4, 0.5) is 0 Å². The van der Waals surface area contributed by atoms with Crippen LogP contribution in [0.25, 0.3) is 22.6 Å². The molecule has 3 N–H and O–H groups in total. The third-order valence-electron chi connectivity index (χ3n) is 5.45. The van der Waals surface area contributed by atoms with Crippen LogP contribution in [-0.4, -0.2) is 26.1 Å². The molecule has 1 aromatic heterocycles. The minimum atomic E-state index is -0.267. The van der Waals surface area contributed by atoms with Gasteiger partial charge in [-0.2, -0.15) is 0 Å². The number of benzene rings is 2. The van der Waals surface area contributed by atoms with E-state index in [0.29, 0.717) is 22.6 Å². The number of hydrogen-bond acceptors (Lipinski definition) is 6. The highest BCUT2D eigenvalue weighted by Crippen LogP contribution is 2.48. The quantitative estimate of drug-likeness (QED) is 0.550. The zero-order chi connectivity index (χ0) is 20.2. The number of rotatable bonds is 2. The van der Waals surface area contributed by atoms with E-state index < -0.39 is 0 Å². The Bertz CT molecular complexity index is 1080. The normalized spacial score (nSPS) is 15.1. The first kappa shape index (κ1) is 18.2. The third kappa shape index (κ3) is 2.85. The van der Waals surface area contributed by atoms with E-state index in [1.54, 1.807) is 12.1 Å². The van der Waals surface area contributed by atoms with Crippen molar-refractivity contribution >= 4 is 0 Å². The molecule has 1 aliphatic rings. The van der Waals surface area contributed by atoms with Crippen molar-refractivity contribution in [2.75, 3.05) is 0 Å². The van der Waals surface area contributed by atoms with Crippen LogP contribution < -0.4 is 4.74 Å². The molecule has 0 spiro atoms. The zero-order valence-electron chi connectivity index (χ0n) is 16.3. The molecule has 0 radical (unpaired) electrons. The minimum absolute atomic E-state index is 0.174. The molecule has 2 aromatic carbocycles. The molecular formula is C22H23NO5. The summed E-state index contributed by atoms with van der Waals surface area (Å²) in [6.45, 7) is 7.93. The van der Waals surface area contributed by atoms with Gasteiger partial charge in [-0.05, 0) is 69.9 Å². The molecule has 28 heavy (non-hydrogen) atoms. The molecule has 0 atom stereocenters. The summed E-state index contributed by atoms with van der Waals surface area (Å²) in [4.78, 5) is 0. The Morgan fingerprint density at radius 3 is 2.46 bits per heavy atom. The lowest BCUT2D eigenvalue weighted by atomic mass is 9.86. The number of phenols is 3. The molecule has 0 saturated carbocycles. The van der Waals surface area contributed by atoms with Gasteiger partial charge in [0, 0.05) is 17.2 Å². The minimum Gasteiger partial charge on any atom is -0.507 e. The molecule has 0 saturated heterocycles. The molecule has 6 heteroatoms. The number of aromatic nitrogens is 1. The fourth-order valence-electron chi connectivity index (χ4n) is 3.63. The van der Waals surface area contributed by atoms with Gasteiger partial charge >= 0.3 is 0 Å². The summed E-state index contributed by atoms with van der Waals surface area (Å²) in [7, 11) is 0. The monoisotopic (exact) mass is 381 g/mol. The van der Waals surface area contributed by atoms with Crippen LogP contribution in [0.2, 0.25) is 0 Å². The molecule has 6 nitrogen and oxygen atoms in total. The standard InChI is InChI=1S/C22H23NO5/c1-11-12(2)21-14(7-8-22(3,4)27-21)19(20(11)26)15-10-18(28-23-15)13-5-6-16(24)17(25)9-13/h5-6,9-10,24-26H,7-8H2,1-4H3. The maximum absolute atomic E-state index is 10.9. The smallest absolute Gasteiger partial charge is 0.167 e. The van der Waals surface area contributed by atoms with Crippen molar-refractivity contribution in [2.45, 2.75) is 46.1 Å². The topological polar surface area (TPSA) is 96.0 Å². The second kappa shape index (κ2) is 6.19. The molecule has 146 valence electrons. The van der Waals surface area contributed by atoms with Gasteiger partial charge in [0.1, 0.15) is 22.8 Å². The third-order valence-corrected chi connectivity index (χ3v) is 5.45. The summed E-state index contributed by atoms with van der Waals surface area (Å²) in [6, 6.07) is 6.13. The summed E-state index contributed by atoms with van der Waals surface area (Å²) in [6.07, 6.45) is 1.58. The summed E-state index contributed by atoms with van der Waals surface area (Å²) in [5.41, 5.74) is 4.03. The van der Waals surface area contributed by atoms with E-state index in [-0.39, 0.29) is 22.8 Å². The number of ether oxygens (including phenoxy) is 1. The van der Waals surface area contributed by atoms with Gasteiger partial charge in [0.25, 0.3) is 0 Å². The van der Waals surface area contributed by atoms with Crippen molar-refractivity contribution in [3.8, 4) is 45.6 Å². The Hall–Kier alpha value is -3.15. The van der Waals surface area contributed by atoms with Crippen molar-refractivity contribution in [1.29, 1.82) is 0 Å². The van der Waals surface area contributed by atoms with Gasteiger partial charge in [0.05, 0.1) is 5.56 Å². The Morgan fingerprint density at radius 2 is 1.75 bits per heavy atom. The molecule has 0 fully saturated rings. The average molecular weight is 381 g/mol. The molecule has 4 rings (SSSR count). The predicted octanol–water partition coefficient (Wildman–Crippen LogP) is 4.85. The highest BCUT2D eigenvalue weighted by atomic mass is 16.5. The predicted molar refractivity (Wildman–Crippen MR) is 105 cm³/mol. The first-order valence-electron chi connectivity index (χ1n) is 9.21. The van der Waals surface area contributed by atoms with Crippen molar-refractivity contribution < 1.29 is 24.6 Å². The number of aromatic hydroxyl groups is 3. The Kier molecular flexibility index (Phi) is 4.03. The molecule has 3 aromatic rings. The Balaban J connectivity index is 1.86. The van der Waals surface area contributed by atoms with E-state index >= 15 is 0 Å². The first-order chi connectivity index (χ1) is 13.2. The van der Waals surface area contributed by atoms with E-state index in [2.05, 4.69) is 19.0 Å². The Morgan fingerprint density at radius 1 is 1.00 bits per heavy atom. The zero-order valence-corrected chi connectivity index (χ0v) is 16.3. The number of hydrogen-bond donors (Lipinski definition) is 3. The van der Waals surface area contributed by atoms with Crippen LogP contribution in [0, 0.1) is 13.8 Å². The lowest BCUT2D eigenvalue weighted by Gasteiger charge is -2.35. The second-order valence-electron chi connectivity index (χ2n) is 7.92. The first-order valence-corrected chi connectivity index (χ1v) is 9.21. The summed E-state index contributed by atoms with van der Waals surface area (Å²) in [5, 5.41) is 34.3. The van der Waals surface area contributed by atoms with Gasteiger partial charge in [0.2, 0.25) is 0 Å². The van der Waals surface area contributed by atoms with E-state index in [4.69, 9.17) is 9.26 Å². The average Bonchev–Trinajstić information content (AvgIpc) is 3.12. The van der Waals surface area contributed by atoms with Crippen molar-refractivity contribution in [1.82, 2.24) is 5.16 Å². The molecule has 0 aliphatic carbocycles. The lowest BCUT2D eigenvalue weighted by molar-refractivity contribution is 0.0836.